The Morgan fingerprint density at radius 1 is 1.55 bits per heavy atom. The first-order chi connectivity index (χ1) is 5.25. The summed E-state index contributed by atoms with van der Waals surface area (Å²) in [6, 6.07) is 2.04. The second-order valence-corrected chi connectivity index (χ2v) is 4.57. The minimum atomic E-state index is 0.917. The Balaban J connectivity index is 2.82. The molecule has 2 heterocycles. The molecule has 11 heavy (non-hydrogen) atoms. The summed E-state index contributed by atoms with van der Waals surface area (Å²) in [5.74, 6) is 0. The van der Waals surface area contributed by atoms with Crippen LogP contribution < -0.4 is 0 Å². The second-order valence-electron chi connectivity index (χ2n) is 2.26. The van der Waals surface area contributed by atoms with E-state index in [4.69, 9.17) is 0 Å². The molecule has 0 amide bonds. The SMILES string of the molecule is Cc1cc2sc(Br)nc2cn1. The summed E-state index contributed by atoms with van der Waals surface area (Å²) in [6.07, 6.45) is 1.80. The van der Waals surface area contributed by atoms with Gasteiger partial charge in [0.1, 0.15) is 5.52 Å². The highest BCUT2D eigenvalue weighted by Crippen LogP contribution is 2.25. The Morgan fingerprint density at radius 3 is 3.18 bits per heavy atom. The molecule has 0 spiro atoms. The molecule has 2 aromatic rings. The smallest absolute Gasteiger partial charge is 0.160 e. The van der Waals surface area contributed by atoms with Crippen LogP contribution in [0.4, 0.5) is 0 Å². The number of fused-ring (bicyclic) bond motifs is 1. The molecule has 0 atom stereocenters. The molecule has 0 aliphatic carbocycles. The van der Waals surface area contributed by atoms with Crippen LogP contribution in [0, 0.1) is 6.92 Å². The van der Waals surface area contributed by atoms with Gasteiger partial charge in [0, 0.05) is 5.69 Å². The van der Waals surface area contributed by atoms with Crippen LogP contribution in [0.3, 0.4) is 0 Å². The van der Waals surface area contributed by atoms with Gasteiger partial charge in [0.2, 0.25) is 0 Å². The average molecular weight is 229 g/mol. The molecule has 56 valence electrons. The normalized spacial score (nSPS) is 10.7. The van der Waals surface area contributed by atoms with E-state index in [-0.39, 0.29) is 0 Å². The van der Waals surface area contributed by atoms with Gasteiger partial charge in [-0.05, 0) is 28.9 Å². The molecular formula is C7H5BrN2S. The van der Waals surface area contributed by atoms with Crippen molar-refractivity contribution in [3.8, 4) is 0 Å². The molecule has 0 radical (unpaired) electrons. The van der Waals surface area contributed by atoms with Crippen molar-refractivity contribution in [2.45, 2.75) is 6.92 Å². The number of halogens is 1. The zero-order chi connectivity index (χ0) is 7.84. The molecule has 0 saturated carbocycles. The van der Waals surface area contributed by atoms with E-state index in [9.17, 15) is 0 Å². The lowest BCUT2D eigenvalue weighted by atomic mass is 10.4. The van der Waals surface area contributed by atoms with Crippen LogP contribution in [-0.2, 0) is 0 Å². The second kappa shape index (κ2) is 2.53. The molecule has 2 rings (SSSR count). The first-order valence-corrected chi connectivity index (χ1v) is 4.75. The van der Waals surface area contributed by atoms with Crippen LogP contribution in [-0.4, -0.2) is 9.97 Å². The van der Waals surface area contributed by atoms with Gasteiger partial charge in [-0.1, -0.05) is 0 Å². The number of aryl methyl sites for hydroxylation is 1. The maximum absolute atomic E-state index is 4.23. The van der Waals surface area contributed by atoms with Gasteiger partial charge in [-0.3, -0.25) is 4.98 Å². The first-order valence-electron chi connectivity index (χ1n) is 3.14. The largest absolute Gasteiger partial charge is 0.259 e. The molecule has 4 heteroatoms. The van der Waals surface area contributed by atoms with E-state index >= 15 is 0 Å². The third-order valence-corrected chi connectivity index (χ3v) is 2.85. The summed E-state index contributed by atoms with van der Waals surface area (Å²) in [7, 11) is 0. The van der Waals surface area contributed by atoms with E-state index in [1.165, 1.54) is 4.70 Å². The van der Waals surface area contributed by atoms with Crippen LogP contribution in [0.2, 0.25) is 0 Å². The maximum atomic E-state index is 4.23. The number of hydrogen-bond acceptors (Lipinski definition) is 3. The fourth-order valence-electron chi connectivity index (χ4n) is 0.901. The van der Waals surface area contributed by atoms with E-state index < -0.39 is 0 Å². The van der Waals surface area contributed by atoms with Crippen LogP contribution in [0.1, 0.15) is 5.69 Å². The number of aromatic nitrogens is 2. The van der Waals surface area contributed by atoms with E-state index in [0.717, 1.165) is 15.1 Å². The molecule has 0 unspecified atom stereocenters. The van der Waals surface area contributed by atoms with Crippen molar-refractivity contribution in [1.29, 1.82) is 0 Å². The van der Waals surface area contributed by atoms with Gasteiger partial charge < -0.3 is 0 Å². The third-order valence-electron chi connectivity index (χ3n) is 1.39. The summed E-state index contributed by atoms with van der Waals surface area (Å²) >= 11 is 4.96. The van der Waals surface area contributed by atoms with Crippen molar-refractivity contribution in [2.75, 3.05) is 0 Å². The zero-order valence-corrected chi connectivity index (χ0v) is 8.24. The molecule has 0 aliphatic heterocycles. The van der Waals surface area contributed by atoms with E-state index in [1.54, 1.807) is 17.5 Å². The molecule has 2 aromatic heterocycles. The molecule has 0 bridgehead atoms. The molecule has 2 nitrogen and oxygen atoms in total. The highest BCUT2D eigenvalue weighted by Gasteiger charge is 2.00. The van der Waals surface area contributed by atoms with Crippen LogP contribution in [0.15, 0.2) is 16.2 Å². The first kappa shape index (κ1) is 7.18. The number of pyridine rings is 1. The predicted molar refractivity (Wildman–Crippen MR) is 49.9 cm³/mol. The Labute approximate surface area is 76.4 Å². The lowest BCUT2D eigenvalue weighted by Crippen LogP contribution is -1.77. The summed E-state index contributed by atoms with van der Waals surface area (Å²) in [4.78, 5) is 8.37. The Hall–Kier alpha value is -0.480. The number of rotatable bonds is 0. The van der Waals surface area contributed by atoms with Gasteiger partial charge in [-0.2, -0.15) is 0 Å². The van der Waals surface area contributed by atoms with Crippen molar-refractivity contribution in [3.05, 3.63) is 21.9 Å². The topological polar surface area (TPSA) is 25.8 Å². The zero-order valence-electron chi connectivity index (χ0n) is 5.84. The van der Waals surface area contributed by atoms with Crippen LogP contribution in [0.25, 0.3) is 10.2 Å². The lowest BCUT2D eigenvalue weighted by Gasteiger charge is -1.87. The molecule has 0 fully saturated rings. The molecule has 0 aliphatic rings. The van der Waals surface area contributed by atoms with Gasteiger partial charge in [-0.25, -0.2) is 4.98 Å². The lowest BCUT2D eigenvalue weighted by molar-refractivity contribution is 1.22. The molecular weight excluding hydrogens is 224 g/mol. The fraction of sp³-hybridized carbons (Fsp3) is 0.143. The van der Waals surface area contributed by atoms with E-state index in [1.807, 2.05) is 13.0 Å². The number of hydrogen-bond donors (Lipinski definition) is 0. The highest BCUT2D eigenvalue weighted by molar-refractivity contribution is 9.11. The molecule has 0 aromatic carbocycles. The summed E-state index contributed by atoms with van der Waals surface area (Å²) in [5.41, 5.74) is 2.00. The highest BCUT2D eigenvalue weighted by atomic mass is 79.9. The van der Waals surface area contributed by atoms with Gasteiger partial charge in [-0.15, -0.1) is 11.3 Å². The maximum Gasteiger partial charge on any atom is 0.160 e. The Morgan fingerprint density at radius 2 is 2.36 bits per heavy atom. The monoisotopic (exact) mass is 228 g/mol. The minimum Gasteiger partial charge on any atom is -0.259 e. The van der Waals surface area contributed by atoms with Gasteiger partial charge in [0.15, 0.2) is 3.92 Å². The standard InChI is InChI=1S/C7H5BrN2S/c1-4-2-6-5(3-9-4)10-7(8)11-6/h2-3H,1H3. The van der Waals surface area contributed by atoms with E-state index in [0.29, 0.717) is 0 Å². The Kier molecular flexibility index (Phi) is 1.65. The average Bonchev–Trinajstić information content (AvgIpc) is 2.27. The van der Waals surface area contributed by atoms with Crippen LogP contribution in [0.5, 0.6) is 0 Å². The minimum absolute atomic E-state index is 0.917. The predicted octanol–water partition coefficient (Wildman–Crippen LogP) is 2.76. The van der Waals surface area contributed by atoms with Gasteiger partial charge >= 0.3 is 0 Å². The van der Waals surface area contributed by atoms with Gasteiger partial charge in [0.05, 0.1) is 10.9 Å². The number of thiazole rings is 1. The number of nitrogens with zero attached hydrogens (tertiary/aromatic N) is 2. The quantitative estimate of drug-likeness (QED) is 0.694. The fourth-order valence-corrected chi connectivity index (χ4v) is 2.37. The van der Waals surface area contributed by atoms with Crippen molar-refractivity contribution in [2.24, 2.45) is 0 Å². The summed E-state index contributed by atoms with van der Waals surface area (Å²) < 4.78 is 2.10. The van der Waals surface area contributed by atoms with E-state index in [2.05, 4.69) is 25.9 Å². The Bertz CT molecular complexity index is 396. The summed E-state index contributed by atoms with van der Waals surface area (Å²) in [6.45, 7) is 1.98. The van der Waals surface area contributed by atoms with Crippen molar-refractivity contribution >= 4 is 37.5 Å². The van der Waals surface area contributed by atoms with Gasteiger partial charge in [0.25, 0.3) is 0 Å². The van der Waals surface area contributed by atoms with Crippen molar-refractivity contribution in [3.63, 3.8) is 0 Å². The van der Waals surface area contributed by atoms with Crippen molar-refractivity contribution < 1.29 is 0 Å². The van der Waals surface area contributed by atoms with Crippen molar-refractivity contribution in [1.82, 2.24) is 9.97 Å². The molecule has 0 saturated heterocycles. The summed E-state index contributed by atoms with van der Waals surface area (Å²) in [5, 5.41) is 0. The molecule has 0 N–H and O–H groups in total. The van der Waals surface area contributed by atoms with Crippen LogP contribution >= 0.6 is 27.3 Å². The third kappa shape index (κ3) is 1.28.